The van der Waals surface area contributed by atoms with Crippen LogP contribution in [0.3, 0.4) is 0 Å². The van der Waals surface area contributed by atoms with Crippen LogP contribution in [0.15, 0.2) is 0 Å². The van der Waals surface area contributed by atoms with Gasteiger partial charge in [0.1, 0.15) is 0 Å². The first-order valence-electron chi connectivity index (χ1n) is 4.40. The molecule has 0 aromatic carbocycles. The van der Waals surface area contributed by atoms with Crippen LogP contribution in [0.2, 0.25) is 0 Å². The lowest BCUT2D eigenvalue weighted by Crippen LogP contribution is -2.41. The van der Waals surface area contributed by atoms with Crippen molar-refractivity contribution >= 4 is 0 Å². The second kappa shape index (κ2) is 4.70. The van der Waals surface area contributed by atoms with E-state index in [2.05, 4.69) is 0 Å². The molecule has 0 spiro atoms. The SMILES string of the molecule is CCOCC1CCCN(N)C1. The van der Waals surface area contributed by atoms with Gasteiger partial charge in [0.15, 0.2) is 0 Å². The molecule has 3 heteroatoms. The molecule has 0 radical (unpaired) electrons. The van der Waals surface area contributed by atoms with Gasteiger partial charge in [-0.3, -0.25) is 5.84 Å². The Bertz CT molecular complexity index is 108. The lowest BCUT2D eigenvalue weighted by atomic mass is 10.0. The summed E-state index contributed by atoms with van der Waals surface area (Å²) in [6, 6.07) is 0. The molecule has 2 N–H and O–H groups in total. The van der Waals surface area contributed by atoms with Gasteiger partial charge in [-0.2, -0.15) is 0 Å². The van der Waals surface area contributed by atoms with Crippen LogP contribution in [0, 0.1) is 5.92 Å². The van der Waals surface area contributed by atoms with Crippen LogP contribution in [-0.4, -0.2) is 31.3 Å². The maximum absolute atomic E-state index is 5.67. The summed E-state index contributed by atoms with van der Waals surface area (Å²) in [5.74, 6) is 6.34. The molecule has 0 aromatic rings. The minimum atomic E-state index is 0.661. The van der Waals surface area contributed by atoms with Crippen LogP contribution in [-0.2, 0) is 4.74 Å². The highest BCUT2D eigenvalue weighted by atomic mass is 16.5. The molecule has 0 amide bonds. The number of piperidine rings is 1. The minimum absolute atomic E-state index is 0.661. The Morgan fingerprint density at radius 3 is 3.09 bits per heavy atom. The zero-order chi connectivity index (χ0) is 8.10. The lowest BCUT2D eigenvalue weighted by molar-refractivity contribution is 0.0672. The van der Waals surface area contributed by atoms with Gasteiger partial charge in [0, 0.05) is 19.7 Å². The molecule has 1 heterocycles. The van der Waals surface area contributed by atoms with Crippen molar-refractivity contribution < 1.29 is 4.74 Å². The van der Waals surface area contributed by atoms with Gasteiger partial charge in [0.25, 0.3) is 0 Å². The predicted molar refractivity (Wildman–Crippen MR) is 45.0 cm³/mol. The summed E-state index contributed by atoms with van der Waals surface area (Å²) < 4.78 is 5.34. The second-order valence-corrected chi connectivity index (χ2v) is 3.16. The normalized spacial score (nSPS) is 27.3. The van der Waals surface area contributed by atoms with Crippen molar-refractivity contribution in [3.63, 3.8) is 0 Å². The molecule has 66 valence electrons. The van der Waals surface area contributed by atoms with E-state index in [4.69, 9.17) is 10.6 Å². The van der Waals surface area contributed by atoms with Crippen LogP contribution in [0.1, 0.15) is 19.8 Å². The largest absolute Gasteiger partial charge is 0.381 e. The highest BCUT2D eigenvalue weighted by molar-refractivity contribution is 4.68. The minimum Gasteiger partial charge on any atom is -0.381 e. The van der Waals surface area contributed by atoms with Gasteiger partial charge in [-0.25, -0.2) is 5.01 Å². The topological polar surface area (TPSA) is 38.5 Å². The molecule has 0 saturated carbocycles. The van der Waals surface area contributed by atoms with Crippen LogP contribution < -0.4 is 5.84 Å². The van der Waals surface area contributed by atoms with Gasteiger partial charge in [-0.1, -0.05) is 0 Å². The number of hydrazine groups is 1. The average molecular weight is 158 g/mol. The van der Waals surface area contributed by atoms with Crippen molar-refractivity contribution in [3.8, 4) is 0 Å². The highest BCUT2D eigenvalue weighted by Gasteiger charge is 2.16. The standard InChI is InChI=1S/C8H18N2O/c1-2-11-7-8-4-3-5-10(9)6-8/h8H,2-7,9H2,1H3. The van der Waals surface area contributed by atoms with Crippen molar-refractivity contribution in [2.45, 2.75) is 19.8 Å². The van der Waals surface area contributed by atoms with E-state index in [0.29, 0.717) is 5.92 Å². The number of hydrogen-bond acceptors (Lipinski definition) is 3. The summed E-state index contributed by atoms with van der Waals surface area (Å²) in [4.78, 5) is 0. The van der Waals surface area contributed by atoms with Crippen molar-refractivity contribution in [1.29, 1.82) is 0 Å². The predicted octanol–water partition coefficient (Wildman–Crippen LogP) is 0.609. The lowest BCUT2D eigenvalue weighted by Gasteiger charge is -2.28. The number of rotatable bonds is 3. The van der Waals surface area contributed by atoms with Crippen molar-refractivity contribution in [3.05, 3.63) is 0 Å². The van der Waals surface area contributed by atoms with Gasteiger partial charge in [-0.15, -0.1) is 0 Å². The maximum Gasteiger partial charge on any atom is 0.0506 e. The van der Waals surface area contributed by atoms with E-state index < -0.39 is 0 Å². The molecule has 1 saturated heterocycles. The van der Waals surface area contributed by atoms with E-state index in [1.165, 1.54) is 12.8 Å². The fourth-order valence-corrected chi connectivity index (χ4v) is 1.52. The Morgan fingerprint density at radius 1 is 1.64 bits per heavy atom. The van der Waals surface area contributed by atoms with Crippen molar-refractivity contribution in [1.82, 2.24) is 5.01 Å². The van der Waals surface area contributed by atoms with Crippen LogP contribution >= 0.6 is 0 Å². The van der Waals surface area contributed by atoms with E-state index >= 15 is 0 Å². The van der Waals surface area contributed by atoms with Gasteiger partial charge in [-0.05, 0) is 25.7 Å². The molecule has 1 rings (SSSR count). The van der Waals surface area contributed by atoms with Crippen LogP contribution in [0.25, 0.3) is 0 Å². The smallest absolute Gasteiger partial charge is 0.0506 e. The summed E-state index contributed by atoms with van der Waals surface area (Å²) in [6.07, 6.45) is 2.49. The zero-order valence-electron chi connectivity index (χ0n) is 7.25. The molecule has 1 aliphatic heterocycles. The summed E-state index contributed by atoms with van der Waals surface area (Å²) in [7, 11) is 0. The third-order valence-corrected chi connectivity index (χ3v) is 2.11. The van der Waals surface area contributed by atoms with Gasteiger partial charge in [0.2, 0.25) is 0 Å². The van der Waals surface area contributed by atoms with Gasteiger partial charge >= 0.3 is 0 Å². The second-order valence-electron chi connectivity index (χ2n) is 3.16. The summed E-state index contributed by atoms with van der Waals surface area (Å²) in [6.45, 7) is 5.77. The molecule has 1 atom stereocenters. The molecule has 0 bridgehead atoms. The molecule has 1 fully saturated rings. The Balaban J connectivity index is 2.12. The molecule has 0 aromatic heterocycles. The highest BCUT2D eigenvalue weighted by Crippen LogP contribution is 2.13. The molecule has 1 unspecified atom stereocenters. The van der Waals surface area contributed by atoms with E-state index in [1.54, 1.807) is 0 Å². The van der Waals surface area contributed by atoms with E-state index in [9.17, 15) is 0 Å². The Hall–Kier alpha value is -0.120. The van der Waals surface area contributed by atoms with Gasteiger partial charge in [0.05, 0.1) is 6.61 Å². The number of ether oxygens (including phenoxy) is 1. The molecule has 1 aliphatic rings. The van der Waals surface area contributed by atoms with Gasteiger partial charge < -0.3 is 4.74 Å². The first-order valence-corrected chi connectivity index (χ1v) is 4.40. The maximum atomic E-state index is 5.67. The number of hydrogen-bond donors (Lipinski definition) is 1. The third-order valence-electron chi connectivity index (χ3n) is 2.11. The first-order chi connectivity index (χ1) is 5.33. The molecule has 0 aliphatic carbocycles. The Morgan fingerprint density at radius 2 is 2.45 bits per heavy atom. The number of nitrogens with zero attached hydrogens (tertiary/aromatic N) is 1. The summed E-state index contributed by atoms with van der Waals surface area (Å²) >= 11 is 0. The summed E-state index contributed by atoms with van der Waals surface area (Å²) in [5, 5.41) is 1.90. The summed E-state index contributed by atoms with van der Waals surface area (Å²) in [5.41, 5.74) is 0. The van der Waals surface area contributed by atoms with Crippen LogP contribution in [0.5, 0.6) is 0 Å². The Kier molecular flexibility index (Phi) is 3.83. The van der Waals surface area contributed by atoms with Crippen LogP contribution in [0.4, 0.5) is 0 Å². The fraction of sp³-hybridized carbons (Fsp3) is 1.00. The van der Waals surface area contributed by atoms with E-state index in [1.807, 2.05) is 11.9 Å². The first kappa shape index (κ1) is 8.97. The third kappa shape index (κ3) is 3.18. The van der Waals surface area contributed by atoms with E-state index in [-0.39, 0.29) is 0 Å². The zero-order valence-corrected chi connectivity index (χ0v) is 7.25. The monoisotopic (exact) mass is 158 g/mol. The fourth-order valence-electron chi connectivity index (χ4n) is 1.52. The molecular formula is C8H18N2O. The van der Waals surface area contributed by atoms with Crippen molar-refractivity contribution in [2.75, 3.05) is 26.3 Å². The van der Waals surface area contributed by atoms with Crippen molar-refractivity contribution in [2.24, 2.45) is 11.8 Å². The molecule has 3 nitrogen and oxygen atoms in total. The quantitative estimate of drug-likeness (QED) is 0.612. The number of nitrogens with two attached hydrogens (primary N) is 1. The molecular weight excluding hydrogens is 140 g/mol. The van der Waals surface area contributed by atoms with E-state index in [0.717, 1.165) is 26.3 Å². The average Bonchev–Trinajstić information content (AvgIpc) is 2.01. The molecule has 11 heavy (non-hydrogen) atoms. The Labute approximate surface area is 68.5 Å².